The molecule has 0 spiro atoms. The monoisotopic (exact) mass is 256 g/mol. The average molecular weight is 256 g/mol. The first-order valence-electron chi connectivity index (χ1n) is 6.30. The summed E-state index contributed by atoms with van der Waals surface area (Å²) in [5.74, 6) is -1.10. The SMILES string of the molecule is CC(C)C(CN)N(C)CCc1ccc(F)c(F)c1. The molecule has 0 fully saturated rings. The van der Waals surface area contributed by atoms with Crippen LogP contribution in [0.5, 0.6) is 0 Å². The molecule has 0 aliphatic rings. The molecule has 0 bridgehead atoms. The Morgan fingerprint density at radius 2 is 1.89 bits per heavy atom. The minimum Gasteiger partial charge on any atom is -0.329 e. The molecule has 1 aromatic carbocycles. The normalized spacial score (nSPS) is 13.3. The van der Waals surface area contributed by atoms with Crippen molar-refractivity contribution in [3.63, 3.8) is 0 Å². The highest BCUT2D eigenvalue weighted by Crippen LogP contribution is 2.12. The molecule has 102 valence electrons. The molecule has 0 radical (unpaired) electrons. The third kappa shape index (κ3) is 4.03. The first-order chi connectivity index (χ1) is 8.45. The summed E-state index contributed by atoms with van der Waals surface area (Å²) in [5.41, 5.74) is 6.54. The zero-order valence-electron chi connectivity index (χ0n) is 11.3. The maximum absolute atomic E-state index is 13.0. The van der Waals surface area contributed by atoms with Gasteiger partial charge in [0.15, 0.2) is 11.6 Å². The van der Waals surface area contributed by atoms with Gasteiger partial charge in [0.05, 0.1) is 0 Å². The number of nitrogens with two attached hydrogens (primary N) is 1. The molecule has 18 heavy (non-hydrogen) atoms. The van der Waals surface area contributed by atoms with E-state index in [1.807, 2.05) is 7.05 Å². The Labute approximate surface area is 108 Å². The Hall–Kier alpha value is -1.00. The predicted octanol–water partition coefficient (Wildman–Crippen LogP) is 2.42. The molecular formula is C14H22F2N2. The van der Waals surface area contributed by atoms with Gasteiger partial charge in [-0.3, -0.25) is 0 Å². The lowest BCUT2D eigenvalue weighted by Crippen LogP contribution is -2.42. The molecule has 1 atom stereocenters. The quantitative estimate of drug-likeness (QED) is 0.847. The van der Waals surface area contributed by atoms with E-state index in [1.165, 1.54) is 12.1 Å². The maximum atomic E-state index is 13.0. The van der Waals surface area contributed by atoms with E-state index in [9.17, 15) is 8.78 Å². The zero-order chi connectivity index (χ0) is 13.7. The van der Waals surface area contributed by atoms with E-state index < -0.39 is 11.6 Å². The van der Waals surface area contributed by atoms with Crippen LogP contribution in [0.2, 0.25) is 0 Å². The molecule has 0 amide bonds. The highest BCUT2D eigenvalue weighted by atomic mass is 19.2. The van der Waals surface area contributed by atoms with Crippen LogP contribution in [0.15, 0.2) is 18.2 Å². The molecular weight excluding hydrogens is 234 g/mol. The van der Waals surface area contributed by atoms with Gasteiger partial charge in [0, 0.05) is 19.1 Å². The highest BCUT2D eigenvalue weighted by molar-refractivity contribution is 5.18. The fourth-order valence-corrected chi connectivity index (χ4v) is 2.13. The van der Waals surface area contributed by atoms with Crippen molar-refractivity contribution in [2.75, 3.05) is 20.1 Å². The molecule has 0 saturated carbocycles. The summed E-state index contributed by atoms with van der Waals surface area (Å²) in [7, 11) is 2.01. The lowest BCUT2D eigenvalue weighted by molar-refractivity contribution is 0.199. The van der Waals surface area contributed by atoms with Crippen LogP contribution in [-0.4, -0.2) is 31.1 Å². The van der Waals surface area contributed by atoms with Crippen LogP contribution in [0.4, 0.5) is 8.78 Å². The van der Waals surface area contributed by atoms with Crippen molar-refractivity contribution in [2.24, 2.45) is 11.7 Å². The predicted molar refractivity (Wildman–Crippen MR) is 70.4 cm³/mol. The van der Waals surface area contributed by atoms with Crippen LogP contribution in [0.1, 0.15) is 19.4 Å². The van der Waals surface area contributed by atoms with Gasteiger partial charge in [0.1, 0.15) is 0 Å². The lowest BCUT2D eigenvalue weighted by atomic mass is 10.0. The van der Waals surface area contributed by atoms with E-state index in [1.54, 1.807) is 6.07 Å². The van der Waals surface area contributed by atoms with Crippen LogP contribution < -0.4 is 5.73 Å². The number of benzene rings is 1. The molecule has 4 heteroatoms. The van der Waals surface area contributed by atoms with Gasteiger partial charge in [-0.1, -0.05) is 19.9 Å². The Morgan fingerprint density at radius 1 is 1.22 bits per heavy atom. The van der Waals surface area contributed by atoms with Gasteiger partial charge in [-0.15, -0.1) is 0 Å². The summed E-state index contributed by atoms with van der Waals surface area (Å²) in [4.78, 5) is 2.17. The van der Waals surface area contributed by atoms with Crippen molar-refractivity contribution in [3.8, 4) is 0 Å². The third-order valence-corrected chi connectivity index (χ3v) is 3.31. The van der Waals surface area contributed by atoms with Crippen molar-refractivity contribution >= 4 is 0 Å². The number of likely N-dealkylation sites (N-methyl/N-ethyl adjacent to an activating group) is 1. The molecule has 0 aliphatic heterocycles. The van der Waals surface area contributed by atoms with Crippen molar-refractivity contribution in [2.45, 2.75) is 26.3 Å². The van der Waals surface area contributed by atoms with Crippen LogP contribution in [0, 0.1) is 17.6 Å². The average Bonchev–Trinajstić information content (AvgIpc) is 2.31. The second-order valence-corrected chi connectivity index (χ2v) is 5.03. The molecule has 1 unspecified atom stereocenters. The maximum Gasteiger partial charge on any atom is 0.159 e. The fraction of sp³-hybridized carbons (Fsp3) is 0.571. The van der Waals surface area contributed by atoms with Crippen molar-refractivity contribution in [1.29, 1.82) is 0 Å². The number of hydrogen-bond acceptors (Lipinski definition) is 2. The Kier molecular flexibility index (Phi) is 5.69. The van der Waals surface area contributed by atoms with Gasteiger partial charge >= 0.3 is 0 Å². The minimum atomic E-state index is -0.797. The summed E-state index contributed by atoms with van der Waals surface area (Å²) in [6.45, 7) is 5.65. The van der Waals surface area contributed by atoms with Crippen LogP contribution in [0.25, 0.3) is 0 Å². The van der Waals surface area contributed by atoms with E-state index in [-0.39, 0.29) is 0 Å². The number of halogens is 2. The molecule has 2 N–H and O–H groups in total. The largest absolute Gasteiger partial charge is 0.329 e. The van der Waals surface area contributed by atoms with Crippen molar-refractivity contribution in [3.05, 3.63) is 35.4 Å². The van der Waals surface area contributed by atoms with E-state index in [4.69, 9.17) is 5.73 Å². The summed E-state index contributed by atoms with van der Waals surface area (Å²) < 4.78 is 25.8. The Balaban J connectivity index is 2.56. The summed E-state index contributed by atoms with van der Waals surface area (Å²) in [6.07, 6.45) is 0.691. The van der Waals surface area contributed by atoms with E-state index in [0.29, 0.717) is 24.9 Å². The number of rotatable bonds is 6. The van der Waals surface area contributed by atoms with Gasteiger partial charge in [-0.2, -0.15) is 0 Å². The Morgan fingerprint density at radius 3 is 2.39 bits per heavy atom. The number of hydrogen-bond donors (Lipinski definition) is 1. The van der Waals surface area contributed by atoms with Gasteiger partial charge in [0.25, 0.3) is 0 Å². The van der Waals surface area contributed by atoms with Crippen LogP contribution in [-0.2, 0) is 6.42 Å². The van der Waals surface area contributed by atoms with Gasteiger partial charge < -0.3 is 10.6 Å². The van der Waals surface area contributed by atoms with E-state index in [2.05, 4.69) is 18.7 Å². The van der Waals surface area contributed by atoms with Crippen molar-refractivity contribution in [1.82, 2.24) is 4.90 Å². The Bertz CT molecular complexity index is 380. The molecule has 1 aromatic rings. The van der Waals surface area contributed by atoms with Crippen molar-refractivity contribution < 1.29 is 8.78 Å². The summed E-state index contributed by atoms with van der Waals surface area (Å²) in [6, 6.07) is 4.37. The van der Waals surface area contributed by atoms with E-state index >= 15 is 0 Å². The summed E-state index contributed by atoms with van der Waals surface area (Å²) in [5, 5.41) is 0. The first kappa shape index (κ1) is 15.1. The van der Waals surface area contributed by atoms with Gasteiger partial charge in [0.2, 0.25) is 0 Å². The molecule has 1 rings (SSSR count). The molecule has 0 aromatic heterocycles. The molecule has 2 nitrogen and oxygen atoms in total. The molecule has 0 saturated heterocycles. The number of nitrogens with zero attached hydrogens (tertiary/aromatic N) is 1. The van der Waals surface area contributed by atoms with Gasteiger partial charge in [-0.05, 0) is 37.1 Å². The third-order valence-electron chi connectivity index (χ3n) is 3.31. The fourth-order valence-electron chi connectivity index (χ4n) is 2.13. The first-order valence-corrected chi connectivity index (χ1v) is 6.30. The lowest BCUT2D eigenvalue weighted by Gasteiger charge is -2.30. The van der Waals surface area contributed by atoms with Gasteiger partial charge in [-0.25, -0.2) is 8.78 Å². The topological polar surface area (TPSA) is 29.3 Å². The highest BCUT2D eigenvalue weighted by Gasteiger charge is 2.16. The second-order valence-electron chi connectivity index (χ2n) is 5.03. The second kappa shape index (κ2) is 6.81. The smallest absolute Gasteiger partial charge is 0.159 e. The standard InChI is InChI=1S/C14H22F2N2/c1-10(2)14(9-17)18(3)7-6-11-4-5-12(15)13(16)8-11/h4-5,8,10,14H,6-7,9,17H2,1-3H3. The van der Waals surface area contributed by atoms with E-state index in [0.717, 1.165) is 12.1 Å². The summed E-state index contributed by atoms with van der Waals surface area (Å²) >= 11 is 0. The minimum absolute atomic E-state index is 0.315. The van der Waals surface area contributed by atoms with Crippen LogP contribution >= 0.6 is 0 Å². The molecule has 0 aliphatic carbocycles. The molecule has 0 heterocycles. The zero-order valence-corrected chi connectivity index (χ0v) is 11.3. The van der Waals surface area contributed by atoms with Crippen LogP contribution in [0.3, 0.4) is 0 Å².